The molecular weight excluding hydrogens is 335 g/mol. The van der Waals surface area contributed by atoms with Crippen LogP contribution in [0.25, 0.3) is 0 Å². The second-order valence-corrected chi connectivity index (χ2v) is 6.55. The minimum Gasteiger partial charge on any atom is -0.378 e. The average Bonchev–Trinajstić information content (AvgIpc) is 3.32. The summed E-state index contributed by atoms with van der Waals surface area (Å²) in [5.41, 5.74) is 0.467. The first-order valence-corrected chi connectivity index (χ1v) is 8.53. The third kappa shape index (κ3) is 4.05. The van der Waals surface area contributed by atoms with Gasteiger partial charge in [0.1, 0.15) is 5.82 Å². The number of benzene rings is 1. The zero-order valence-electron chi connectivity index (χ0n) is 13.3. The van der Waals surface area contributed by atoms with Crippen molar-refractivity contribution in [2.24, 2.45) is 0 Å². The number of rotatable bonds is 5. The second kappa shape index (κ2) is 7.49. The number of hydrogen-bond acceptors (Lipinski definition) is 3. The van der Waals surface area contributed by atoms with Crippen molar-refractivity contribution in [2.45, 2.75) is 31.2 Å². The lowest BCUT2D eigenvalue weighted by Crippen LogP contribution is -2.41. The molecule has 0 aromatic heterocycles. The van der Waals surface area contributed by atoms with E-state index in [0.29, 0.717) is 43.3 Å². The minimum atomic E-state index is -0.341. The van der Waals surface area contributed by atoms with E-state index in [1.807, 2.05) is 0 Å². The fraction of sp³-hybridized carbons (Fsp3) is 0.529. The predicted octanol–water partition coefficient (Wildman–Crippen LogP) is 2.09. The highest BCUT2D eigenvalue weighted by atomic mass is 35.5. The SMILES string of the molecule is O=C(CCC(=O)N1CCOCC1)N[C@@H]1C[C@H]1c1c(F)cccc1Cl. The van der Waals surface area contributed by atoms with Gasteiger partial charge in [-0.3, -0.25) is 9.59 Å². The molecular formula is C17H20ClFN2O3. The van der Waals surface area contributed by atoms with E-state index >= 15 is 0 Å². The van der Waals surface area contributed by atoms with E-state index < -0.39 is 0 Å². The van der Waals surface area contributed by atoms with Gasteiger partial charge in [0.15, 0.2) is 0 Å². The topological polar surface area (TPSA) is 58.6 Å². The first kappa shape index (κ1) is 17.2. The zero-order chi connectivity index (χ0) is 17.1. The van der Waals surface area contributed by atoms with Crippen molar-refractivity contribution in [1.29, 1.82) is 0 Å². The molecule has 2 amide bonds. The van der Waals surface area contributed by atoms with E-state index in [0.717, 1.165) is 0 Å². The minimum absolute atomic E-state index is 0.0297. The van der Waals surface area contributed by atoms with E-state index in [9.17, 15) is 14.0 Å². The molecule has 24 heavy (non-hydrogen) atoms. The summed E-state index contributed by atoms with van der Waals surface area (Å²) in [5, 5.41) is 3.24. The van der Waals surface area contributed by atoms with Gasteiger partial charge in [0.05, 0.1) is 13.2 Å². The van der Waals surface area contributed by atoms with Crippen LogP contribution < -0.4 is 5.32 Å². The average molecular weight is 355 g/mol. The molecule has 130 valence electrons. The van der Waals surface area contributed by atoms with Gasteiger partial charge in [-0.2, -0.15) is 0 Å². The number of carbonyl (C=O) groups is 2. The second-order valence-electron chi connectivity index (χ2n) is 6.14. The van der Waals surface area contributed by atoms with Gasteiger partial charge in [-0.1, -0.05) is 17.7 Å². The first-order chi connectivity index (χ1) is 11.6. The molecule has 0 radical (unpaired) electrons. The van der Waals surface area contributed by atoms with Gasteiger partial charge in [-0.25, -0.2) is 4.39 Å². The first-order valence-electron chi connectivity index (χ1n) is 8.15. The lowest BCUT2D eigenvalue weighted by atomic mass is 10.1. The monoisotopic (exact) mass is 354 g/mol. The van der Waals surface area contributed by atoms with Crippen molar-refractivity contribution in [2.75, 3.05) is 26.3 Å². The van der Waals surface area contributed by atoms with E-state index in [1.165, 1.54) is 6.07 Å². The molecule has 5 nitrogen and oxygen atoms in total. The van der Waals surface area contributed by atoms with Gasteiger partial charge in [-0.15, -0.1) is 0 Å². The Hall–Kier alpha value is -1.66. The van der Waals surface area contributed by atoms with E-state index in [2.05, 4.69) is 5.32 Å². The molecule has 1 aliphatic carbocycles. The van der Waals surface area contributed by atoms with Crippen LogP contribution in [0.3, 0.4) is 0 Å². The Kier molecular flexibility index (Phi) is 5.36. The standard InChI is InChI=1S/C17H20ClFN2O3/c18-12-2-1-3-13(19)17(12)11-10-14(11)20-15(22)4-5-16(23)21-6-8-24-9-7-21/h1-3,11,14H,4-10H2,(H,20,22)/t11-,14-/m1/s1. The Morgan fingerprint density at radius 3 is 2.75 bits per heavy atom. The number of carbonyl (C=O) groups excluding carboxylic acids is 2. The lowest BCUT2D eigenvalue weighted by Gasteiger charge is -2.26. The summed E-state index contributed by atoms with van der Waals surface area (Å²) in [6, 6.07) is 4.48. The van der Waals surface area contributed by atoms with E-state index in [-0.39, 0.29) is 42.4 Å². The van der Waals surface area contributed by atoms with Crippen LogP contribution in [0.2, 0.25) is 5.02 Å². The molecule has 1 aromatic rings. The molecule has 0 unspecified atom stereocenters. The molecule has 1 aliphatic heterocycles. The third-order valence-corrected chi connectivity index (χ3v) is 4.77. The summed E-state index contributed by atoms with van der Waals surface area (Å²) in [6.07, 6.45) is 0.998. The summed E-state index contributed by atoms with van der Waals surface area (Å²) < 4.78 is 19.0. The number of morpholine rings is 1. The normalized spacial score (nSPS) is 23.0. The molecule has 1 N–H and O–H groups in total. The molecule has 2 fully saturated rings. The molecule has 3 rings (SSSR count). The van der Waals surface area contributed by atoms with Crippen LogP contribution in [0, 0.1) is 5.82 Å². The van der Waals surface area contributed by atoms with Crippen molar-refractivity contribution in [3.63, 3.8) is 0 Å². The molecule has 0 spiro atoms. The van der Waals surface area contributed by atoms with Gasteiger partial charge in [0.2, 0.25) is 11.8 Å². The Bertz CT molecular complexity index is 614. The van der Waals surface area contributed by atoms with Crippen LogP contribution in [0.4, 0.5) is 4.39 Å². The highest BCUT2D eigenvalue weighted by molar-refractivity contribution is 6.31. The quantitative estimate of drug-likeness (QED) is 0.880. The summed E-state index contributed by atoms with van der Waals surface area (Å²) in [6.45, 7) is 2.25. The smallest absolute Gasteiger partial charge is 0.223 e. The molecule has 1 saturated carbocycles. The van der Waals surface area contributed by atoms with Crippen molar-refractivity contribution in [1.82, 2.24) is 10.2 Å². The van der Waals surface area contributed by atoms with Crippen LogP contribution in [0.5, 0.6) is 0 Å². The van der Waals surface area contributed by atoms with Gasteiger partial charge in [-0.05, 0) is 18.6 Å². The van der Waals surface area contributed by atoms with Crippen molar-refractivity contribution >= 4 is 23.4 Å². The molecule has 2 atom stereocenters. The number of amides is 2. The zero-order valence-corrected chi connectivity index (χ0v) is 14.0. The van der Waals surface area contributed by atoms with Crippen LogP contribution >= 0.6 is 11.6 Å². The van der Waals surface area contributed by atoms with Gasteiger partial charge in [0.25, 0.3) is 0 Å². The number of ether oxygens (including phenoxy) is 1. The van der Waals surface area contributed by atoms with Gasteiger partial charge in [0, 0.05) is 48.5 Å². The molecule has 1 saturated heterocycles. The Morgan fingerprint density at radius 2 is 2.04 bits per heavy atom. The predicted molar refractivity (Wildman–Crippen MR) is 87.3 cm³/mol. The largest absolute Gasteiger partial charge is 0.378 e. The van der Waals surface area contributed by atoms with Crippen LogP contribution in [0.15, 0.2) is 18.2 Å². The summed E-state index contributed by atoms with van der Waals surface area (Å²) in [7, 11) is 0. The molecule has 2 aliphatic rings. The maximum Gasteiger partial charge on any atom is 0.223 e. The Morgan fingerprint density at radius 1 is 1.29 bits per heavy atom. The van der Waals surface area contributed by atoms with Gasteiger partial charge < -0.3 is 15.0 Å². The number of nitrogens with zero attached hydrogens (tertiary/aromatic N) is 1. The van der Waals surface area contributed by atoms with Crippen molar-refractivity contribution < 1.29 is 18.7 Å². The lowest BCUT2D eigenvalue weighted by molar-refractivity contribution is -0.137. The van der Waals surface area contributed by atoms with E-state index in [4.69, 9.17) is 16.3 Å². The van der Waals surface area contributed by atoms with E-state index in [1.54, 1.807) is 17.0 Å². The number of hydrogen-bond donors (Lipinski definition) is 1. The van der Waals surface area contributed by atoms with Gasteiger partial charge >= 0.3 is 0 Å². The fourth-order valence-corrected chi connectivity index (χ4v) is 3.31. The summed E-state index contributed by atoms with van der Waals surface area (Å²) in [5.74, 6) is -0.640. The molecule has 0 bridgehead atoms. The summed E-state index contributed by atoms with van der Waals surface area (Å²) in [4.78, 5) is 25.7. The van der Waals surface area contributed by atoms with Crippen LogP contribution in [-0.4, -0.2) is 49.1 Å². The fourth-order valence-electron chi connectivity index (χ4n) is 3.01. The third-order valence-electron chi connectivity index (χ3n) is 4.44. The van der Waals surface area contributed by atoms with Crippen molar-refractivity contribution in [3.05, 3.63) is 34.6 Å². The van der Waals surface area contributed by atoms with Crippen LogP contribution in [-0.2, 0) is 14.3 Å². The number of nitrogens with one attached hydrogen (secondary N) is 1. The summed E-state index contributed by atoms with van der Waals surface area (Å²) >= 11 is 6.04. The highest BCUT2D eigenvalue weighted by Gasteiger charge is 2.42. The Labute approximate surface area is 145 Å². The van der Waals surface area contributed by atoms with Crippen molar-refractivity contribution in [3.8, 4) is 0 Å². The highest BCUT2D eigenvalue weighted by Crippen LogP contribution is 2.44. The maximum atomic E-state index is 13.9. The van der Waals surface area contributed by atoms with Crippen LogP contribution in [0.1, 0.15) is 30.7 Å². The Balaban J connectivity index is 1.44. The molecule has 1 aromatic carbocycles. The number of halogens is 2. The molecule has 1 heterocycles. The molecule has 7 heteroatoms. The maximum absolute atomic E-state index is 13.9.